The van der Waals surface area contributed by atoms with E-state index in [1.54, 1.807) is 18.9 Å². The Bertz CT molecular complexity index is 1100. The lowest BCUT2D eigenvalue weighted by atomic mass is 10.2. The van der Waals surface area contributed by atoms with Crippen LogP contribution in [0, 0.1) is 12.8 Å². The summed E-state index contributed by atoms with van der Waals surface area (Å²) in [5, 5.41) is 13.4. The second-order valence-corrected chi connectivity index (χ2v) is 9.13. The number of hydrogen-bond acceptors (Lipinski definition) is 5. The Morgan fingerprint density at radius 1 is 1.29 bits per heavy atom. The van der Waals surface area contributed by atoms with Gasteiger partial charge in [0, 0.05) is 16.7 Å². The molecule has 1 aliphatic carbocycles. The zero-order valence-electron chi connectivity index (χ0n) is 17.8. The Kier molecular flexibility index (Phi) is 6.53. The third kappa shape index (κ3) is 5.05. The van der Waals surface area contributed by atoms with Crippen molar-refractivity contribution in [3.63, 3.8) is 0 Å². The van der Waals surface area contributed by atoms with Gasteiger partial charge in [-0.15, -0.1) is 10.2 Å². The SMILES string of the molecule is COc1cccc(CSc2nnc(C(C)NC(=O)C3CC3)n2-c2cc(Cl)ccc2C)c1. The maximum atomic E-state index is 12.3. The largest absolute Gasteiger partial charge is 0.497 e. The van der Waals surface area contributed by atoms with Crippen molar-refractivity contribution in [2.75, 3.05) is 7.11 Å². The van der Waals surface area contributed by atoms with E-state index in [-0.39, 0.29) is 17.9 Å². The minimum Gasteiger partial charge on any atom is -0.497 e. The quantitative estimate of drug-likeness (QED) is 0.476. The highest BCUT2D eigenvalue weighted by Crippen LogP contribution is 2.32. The molecule has 0 saturated heterocycles. The summed E-state index contributed by atoms with van der Waals surface area (Å²) in [4.78, 5) is 12.3. The summed E-state index contributed by atoms with van der Waals surface area (Å²) in [5.74, 6) is 2.43. The number of nitrogens with one attached hydrogen (secondary N) is 1. The van der Waals surface area contributed by atoms with Crippen molar-refractivity contribution in [1.82, 2.24) is 20.1 Å². The molecule has 31 heavy (non-hydrogen) atoms. The molecule has 1 fully saturated rings. The lowest BCUT2D eigenvalue weighted by molar-refractivity contribution is -0.123. The number of thioether (sulfide) groups is 1. The van der Waals surface area contributed by atoms with E-state index < -0.39 is 0 Å². The molecule has 162 valence electrons. The lowest BCUT2D eigenvalue weighted by Crippen LogP contribution is -2.29. The van der Waals surface area contributed by atoms with E-state index in [9.17, 15) is 4.79 Å². The summed E-state index contributed by atoms with van der Waals surface area (Å²) in [6, 6.07) is 13.4. The third-order valence-corrected chi connectivity index (χ3v) is 6.50. The maximum Gasteiger partial charge on any atom is 0.223 e. The van der Waals surface area contributed by atoms with E-state index in [1.807, 2.05) is 54.8 Å². The predicted molar refractivity (Wildman–Crippen MR) is 123 cm³/mol. The van der Waals surface area contributed by atoms with Gasteiger partial charge in [0.1, 0.15) is 5.75 Å². The molecule has 6 nitrogen and oxygen atoms in total. The van der Waals surface area contributed by atoms with Gasteiger partial charge in [0.2, 0.25) is 5.91 Å². The summed E-state index contributed by atoms with van der Waals surface area (Å²) in [6.45, 7) is 3.97. The Hall–Kier alpha value is -2.51. The molecule has 1 N–H and O–H groups in total. The number of nitrogens with zero attached hydrogens (tertiary/aromatic N) is 3. The molecule has 8 heteroatoms. The summed E-state index contributed by atoms with van der Waals surface area (Å²) in [6.07, 6.45) is 1.92. The molecule has 1 atom stereocenters. The molecule has 3 aromatic rings. The van der Waals surface area contributed by atoms with Crippen LogP contribution in [0.2, 0.25) is 5.02 Å². The molecule has 1 unspecified atom stereocenters. The molecule has 0 bridgehead atoms. The van der Waals surface area contributed by atoms with Gasteiger partial charge in [-0.25, -0.2) is 0 Å². The van der Waals surface area contributed by atoms with Gasteiger partial charge in [-0.2, -0.15) is 0 Å². The average molecular weight is 457 g/mol. The number of ether oxygens (including phenoxy) is 1. The van der Waals surface area contributed by atoms with Crippen LogP contribution in [0.4, 0.5) is 0 Å². The first-order chi connectivity index (χ1) is 15.0. The van der Waals surface area contributed by atoms with Crippen molar-refractivity contribution in [2.24, 2.45) is 5.92 Å². The first-order valence-corrected chi connectivity index (χ1v) is 11.6. The molecule has 2 aromatic carbocycles. The van der Waals surface area contributed by atoms with Gasteiger partial charge < -0.3 is 10.1 Å². The molecule has 4 rings (SSSR count). The van der Waals surface area contributed by atoms with Crippen molar-refractivity contribution in [3.05, 3.63) is 64.4 Å². The van der Waals surface area contributed by atoms with Crippen LogP contribution >= 0.6 is 23.4 Å². The fraction of sp³-hybridized carbons (Fsp3) is 0.348. The van der Waals surface area contributed by atoms with Gasteiger partial charge in [-0.3, -0.25) is 9.36 Å². The second-order valence-electron chi connectivity index (χ2n) is 7.75. The van der Waals surface area contributed by atoms with Crippen LogP contribution < -0.4 is 10.1 Å². The minimum absolute atomic E-state index is 0.0791. The number of aromatic nitrogens is 3. The standard InChI is InChI=1S/C23H25ClN4O2S/c1-14-7-10-18(24)12-20(14)28-21(15(2)25-22(29)17-8-9-17)26-27-23(28)31-13-16-5-4-6-19(11-16)30-3/h4-7,10-12,15,17H,8-9,13H2,1-3H3,(H,25,29). The normalized spacial score (nSPS) is 14.3. The van der Waals surface area contributed by atoms with E-state index in [0.717, 1.165) is 40.6 Å². The number of rotatable bonds is 8. The number of carbonyl (C=O) groups is 1. The number of hydrogen-bond donors (Lipinski definition) is 1. The van der Waals surface area contributed by atoms with E-state index in [0.29, 0.717) is 16.6 Å². The van der Waals surface area contributed by atoms with Crippen molar-refractivity contribution in [2.45, 2.75) is 43.6 Å². The highest BCUT2D eigenvalue weighted by molar-refractivity contribution is 7.98. The van der Waals surface area contributed by atoms with Crippen molar-refractivity contribution in [3.8, 4) is 11.4 Å². The highest BCUT2D eigenvalue weighted by atomic mass is 35.5. The van der Waals surface area contributed by atoms with Crippen LogP contribution in [0.15, 0.2) is 47.6 Å². The Morgan fingerprint density at radius 2 is 2.10 bits per heavy atom. The Morgan fingerprint density at radius 3 is 2.84 bits per heavy atom. The third-order valence-electron chi connectivity index (χ3n) is 5.27. The number of carbonyl (C=O) groups excluding carboxylic acids is 1. The molecular weight excluding hydrogens is 432 g/mol. The predicted octanol–water partition coefficient (Wildman–Crippen LogP) is 5.12. The molecule has 1 aliphatic rings. The molecule has 0 aliphatic heterocycles. The van der Waals surface area contributed by atoms with Gasteiger partial charge in [0.25, 0.3) is 0 Å². The lowest BCUT2D eigenvalue weighted by Gasteiger charge is -2.18. The highest BCUT2D eigenvalue weighted by Gasteiger charge is 2.31. The van der Waals surface area contributed by atoms with Crippen LogP contribution in [0.3, 0.4) is 0 Å². The van der Waals surface area contributed by atoms with E-state index >= 15 is 0 Å². The number of benzene rings is 2. The fourth-order valence-electron chi connectivity index (χ4n) is 3.36. The zero-order chi connectivity index (χ0) is 22.0. The molecule has 1 saturated carbocycles. The van der Waals surface area contributed by atoms with E-state index in [2.05, 4.69) is 21.6 Å². The topological polar surface area (TPSA) is 69.0 Å². The minimum atomic E-state index is -0.273. The van der Waals surface area contributed by atoms with Gasteiger partial charge >= 0.3 is 0 Å². The number of amides is 1. The van der Waals surface area contributed by atoms with Gasteiger partial charge in [0.05, 0.1) is 18.8 Å². The molecule has 1 aromatic heterocycles. The summed E-state index contributed by atoms with van der Waals surface area (Å²) in [7, 11) is 1.66. The van der Waals surface area contributed by atoms with Crippen LogP contribution in [0.1, 0.15) is 42.8 Å². The van der Waals surface area contributed by atoms with E-state index in [1.165, 1.54) is 0 Å². The van der Waals surface area contributed by atoms with Crippen LogP contribution in [0.5, 0.6) is 5.75 Å². The van der Waals surface area contributed by atoms with Crippen molar-refractivity contribution >= 4 is 29.3 Å². The fourth-order valence-corrected chi connectivity index (χ4v) is 4.42. The smallest absolute Gasteiger partial charge is 0.223 e. The Balaban J connectivity index is 1.66. The van der Waals surface area contributed by atoms with Crippen molar-refractivity contribution in [1.29, 1.82) is 0 Å². The van der Waals surface area contributed by atoms with E-state index in [4.69, 9.17) is 16.3 Å². The average Bonchev–Trinajstić information content (AvgIpc) is 3.54. The molecule has 0 radical (unpaired) electrons. The van der Waals surface area contributed by atoms with Crippen molar-refractivity contribution < 1.29 is 9.53 Å². The molecular formula is C23H25ClN4O2S. The second kappa shape index (κ2) is 9.32. The summed E-state index contributed by atoms with van der Waals surface area (Å²) < 4.78 is 7.33. The van der Waals surface area contributed by atoms with Crippen LogP contribution in [0.25, 0.3) is 5.69 Å². The first kappa shape index (κ1) is 21.7. The molecule has 1 amide bonds. The molecule has 0 spiro atoms. The zero-order valence-corrected chi connectivity index (χ0v) is 19.3. The van der Waals surface area contributed by atoms with Crippen LogP contribution in [-0.4, -0.2) is 27.8 Å². The number of aryl methyl sites for hydroxylation is 1. The first-order valence-electron chi connectivity index (χ1n) is 10.2. The van der Waals surface area contributed by atoms with Crippen LogP contribution in [-0.2, 0) is 10.5 Å². The maximum absolute atomic E-state index is 12.3. The van der Waals surface area contributed by atoms with Gasteiger partial charge in [-0.1, -0.05) is 41.6 Å². The monoisotopic (exact) mass is 456 g/mol. The number of halogens is 1. The summed E-state index contributed by atoms with van der Waals surface area (Å²) in [5.41, 5.74) is 3.08. The van der Waals surface area contributed by atoms with Gasteiger partial charge in [0.15, 0.2) is 11.0 Å². The summed E-state index contributed by atoms with van der Waals surface area (Å²) >= 11 is 7.90. The Labute approximate surface area is 191 Å². The number of methoxy groups -OCH3 is 1. The van der Waals surface area contributed by atoms with Gasteiger partial charge in [-0.05, 0) is 62.1 Å². The molecule has 1 heterocycles.